The zero-order chi connectivity index (χ0) is 9.26. The summed E-state index contributed by atoms with van der Waals surface area (Å²) in [5.41, 5.74) is 1.20. The highest BCUT2D eigenvalue weighted by atomic mass is 32.2. The van der Waals surface area contributed by atoms with Crippen LogP contribution < -0.4 is 0 Å². The molecule has 0 unspecified atom stereocenters. The molecule has 70 valence electrons. The number of benzene rings is 1. The van der Waals surface area contributed by atoms with Crippen LogP contribution in [-0.4, -0.2) is 24.2 Å². The largest absolute Gasteiger partial charge is 0.290 e. The monoisotopic (exact) mass is 197 g/mol. The lowest BCUT2D eigenvalue weighted by Gasteiger charge is -2.18. The Morgan fingerprint density at radius 2 is 2.08 bits per heavy atom. The molecule has 0 amide bonds. The van der Waals surface area contributed by atoms with Gasteiger partial charge >= 0.3 is 0 Å². The van der Waals surface area contributed by atoms with E-state index in [-0.39, 0.29) is 5.82 Å². The molecule has 1 nitrogen and oxygen atoms in total. The smallest absolute Gasteiger partial charge is 0.123 e. The molecule has 1 heterocycles. The van der Waals surface area contributed by atoms with Gasteiger partial charge in [-0.1, -0.05) is 12.1 Å². The van der Waals surface area contributed by atoms with Crippen molar-refractivity contribution in [3.63, 3.8) is 0 Å². The lowest BCUT2D eigenvalue weighted by molar-refractivity contribution is 0.358. The van der Waals surface area contributed by atoms with Crippen LogP contribution in [0.25, 0.3) is 0 Å². The summed E-state index contributed by atoms with van der Waals surface area (Å²) in [6, 6.07) is 6.80. The van der Waals surface area contributed by atoms with Gasteiger partial charge in [0.2, 0.25) is 0 Å². The van der Waals surface area contributed by atoms with Gasteiger partial charge in [0.15, 0.2) is 0 Å². The minimum absolute atomic E-state index is 0.158. The summed E-state index contributed by atoms with van der Waals surface area (Å²) >= 11 is 1.91. The third-order valence-electron chi connectivity index (χ3n) is 2.28. The standard InChI is InChI=1S/C10H12FNS/c1-12-6-7-13-10(12)8-2-4-9(11)5-3-8/h2-5,10H,6-7H2,1H3/t10-/m0/s1. The van der Waals surface area contributed by atoms with Gasteiger partial charge in [0.25, 0.3) is 0 Å². The number of thioether (sulfide) groups is 1. The summed E-state index contributed by atoms with van der Waals surface area (Å²) in [5.74, 6) is 1.01. The van der Waals surface area contributed by atoms with Gasteiger partial charge in [0.1, 0.15) is 5.82 Å². The molecule has 1 fully saturated rings. The maximum Gasteiger partial charge on any atom is 0.123 e. The van der Waals surface area contributed by atoms with Gasteiger partial charge in [-0.25, -0.2) is 4.39 Å². The number of nitrogens with zero attached hydrogens (tertiary/aromatic N) is 1. The van der Waals surface area contributed by atoms with E-state index in [1.165, 1.54) is 23.4 Å². The van der Waals surface area contributed by atoms with Gasteiger partial charge in [-0.05, 0) is 24.7 Å². The van der Waals surface area contributed by atoms with E-state index in [4.69, 9.17) is 0 Å². The van der Waals surface area contributed by atoms with Gasteiger partial charge in [-0.3, -0.25) is 4.90 Å². The van der Waals surface area contributed by atoms with Crippen LogP contribution in [0.2, 0.25) is 0 Å². The van der Waals surface area contributed by atoms with E-state index in [1.807, 2.05) is 23.9 Å². The van der Waals surface area contributed by atoms with Crippen LogP contribution in [-0.2, 0) is 0 Å². The normalized spacial score (nSPS) is 23.7. The lowest BCUT2D eigenvalue weighted by atomic mass is 10.2. The highest BCUT2D eigenvalue weighted by Crippen LogP contribution is 2.36. The molecule has 0 spiro atoms. The summed E-state index contributed by atoms with van der Waals surface area (Å²) in [6.45, 7) is 1.12. The molecule has 0 saturated carbocycles. The first-order valence-corrected chi connectivity index (χ1v) is 5.39. The first-order valence-electron chi connectivity index (χ1n) is 4.35. The van der Waals surface area contributed by atoms with Crippen molar-refractivity contribution in [3.8, 4) is 0 Å². The fourth-order valence-corrected chi connectivity index (χ4v) is 2.86. The number of halogens is 1. The quantitative estimate of drug-likeness (QED) is 0.680. The van der Waals surface area contributed by atoms with Crippen molar-refractivity contribution >= 4 is 11.8 Å². The SMILES string of the molecule is CN1CCS[C@H]1c1ccc(F)cc1. The average molecular weight is 197 g/mol. The molecule has 0 N–H and O–H groups in total. The Balaban J connectivity index is 2.20. The van der Waals surface area contributed by atoms with E-state index < -0.39 is 0 Å². The molecule has 0 aromatic heterocycles. The van der Waals surface area contributed by atoms with Gasteiger partial charge in [0.05, 0.1) is 5.37 Å². The number of rotatable bonds is 1. The fraction of sp³-hybridized carbons (Fsp3) is 0.400. The van der Waals surface area contributed by atoms with E-state index in [0.29, 0.717) is 5.37 Å². The predicted molar refractivity (Wildman–Crippen MR) is 54.2 cm³/mol. The molecule has 1 aromatic rings. The Morgan fingerprint density at radius 1 is 1.38 bits per heavy atom. The topological polar surface area (TPSA) is 3.24 Å². The summed E-state index contributed by atoms with van der Waals surface area (Å²) < 4.78 is 12.7. The summed E-state index contributed by atoms with van der Waals surface area (Å²) in [5, 5.41) is 0.417. The summed E-state index contributed by atoms with van der Waals surface area (Å²) in [7, 11) is 2.11. The van der Waals surface area contributed by atoms with Crippen LogP contribution in [0, 0.1) is 5.82 Å². The van der Waals surface area contributed by atoms with Crippen LogP contribution in [0.3, 0.4) is 0 Å². The van der Waals surface area contributed by atoms with Crippen LogP contribution in [0.4, 0.5) is 4.39 Å². The molecule has 1 saturated heterocycles. The van der Waals surface area contributed by atoms with Crippen molar-refractivity contribution in [2.75, 3.05) is 19.3 Å². The average Bonchev–Trinajstić information content (AvgIpc) is 2.53. The third-order valence-corrected chi connectivity index (χ3v) is 3.64. The zero-order valence-corrected chi connectivity index (χ0v) is 8.35. The molecule has 1 atom stereocenters. The van der Waals surface area contributed by atoms with E-state index >= 15 is 0 Å². The second-order valence-electron chi connectivity index (χ2n) is 3.26. The van der Waals surface area contributed by atoms with Crippen molar-refractivity contribution in [2.24, 2.45) is 0 Å². The van der Waals surface area contributed by atoms with E-state index in [2.05, 4.69) is 11.9 Å². The Bertz CT molecular complexity index is 285. The van der Waals surface area contributed by atoms with Crippen LogP contribution in [0.1, 0.15) is 10.9 Å². The van der Waals surface area contributed by atoms with E-state index in [9.17, 15) is 4.39 Å². The maximum atomic E-state index is 12.7. The maximum absolute atomic E-state index is 12.7. The van der Waals surface area contributed by atoms with Crippen LogP contribution in [0.5, 0.6) is 0 Å². The van der Waals surface area contributed by atoms with Crippen molar-refractivity contribution in [1.29, 1.82) is 0 Å². The molecule has 1 aliphatic heterocycles. The van der Waals surface area contributed by atoms with E-state index in [0.717, 1.165) is 6.54 Å². The Morgan fingerprint density at radius 3 is 2.62 bits per heavy atom. The van der Waals surface area contributed by atoms with Crippen molar-refractivity contribution in [3.05, 3.63) is 35.6 Å². The molecule has 1 aromatic carbocycles. The molecule has 3 heteroatoms. The molecular weight excluding hydrogens is 185 g/mol. The third kappa shape index (κ3) is 1.86. The Kier molecular flexibility index (Phi) is 2.56. The van der Waals surface area contributed by atoms with Crippen molar-refractivity contribution in [1.82, 2.24) is 4.90 Å². The minimum Gasteiger partial charge on any atom is -0.290 e. The summed E-state index contributed by atoms with van der Waals surface area (Å²) in [6.07, 6.45) is 0. The first kappa shape index (κ1) is 9.03. The molecule has 1 aliphatic rings. The fourth-order valence-electron chi connectivity index (χ4n) is 1.53. The van der Waals surface area contributed by atoms with Gasteiger partial charge in [0, 0.05) is 12.3 Å². The van der Waals surface area contributed by atoms with Gasteiger partial charge in [-0.2, -0.15) is 0 Å². The minimum atomic E-state index is -0.158. The molecule has 0 aliphatic carbocycles. The molecular formula is C10H12FNS. The van der Waals surface area contributed by atoms with Crippen molar-refractivity contribution in [2.45, 2.75) is 5.37 Å². The van der Waals surface area contributed by atoms with E-state index in [1.54, 1.807) is 0 Å². The second kappa shape index (κ2) is 3.68. The zero-order valence-electron chi connectivity index (χ0n) is 7.53. The molecule has 0 radical (unpaired) electrons. The predicted octanol–water partition coefficient (Wildman–Crippen LogP) is 2.50. The lowest BCUT2D eigenvalue weighted by Crippen LogP contribution is -2.16. The van der Waals surface area contributed by atoms with Crippen LogP contribution >= 0.6 is 11.8 Å². The number of hydrogen-bond acceptors (Lipinski definition) is 2. The number of hydrogen-bond donors (Lipinski definition) is 0. The highest BCUT2D eigenvalue weighted by molar-refractivity contribution is 7.99. The first-order chi connectivity index (χ1) is 6.27. The van der Waals surface area contributed by atoms with Gasteiger partial charge < -0.3 is 0 Å². The molecule has 0 bridgehead atoms. The van der Waals surface area contributed by atoms with Gasteiger partial charge in [-0.15, -0.1) is 11.8 Å². The van der Waals surface area contributed by atoms with Crippen molar-refractivity contribution < 1.29 is 4.39 Å². The summed E-state index contributed by atoms with van der Waals surface area (Å²) in [4.78, 5) is 2.29. The molecule has 13 heavy (non-hydrogen) atoms. The highest BCUT2D eigenvalue weighted by Gasteiger charge is 2.22. The second-order valence-corrected chi connectivity index (χ2v) is 4.44. The Hall–Kier alpha value is -0.540. The Labute approximate surface area is 81.9 Å². The molecule has 2 rings (SSSR count). The van der Waals surface area contributed by atoms with Crippen LogP contribution in [0.15, 0.2) is 24.3 Å².